The molecule has 108 valence electrons. The van der Waals surface area contributed by atoms with Crippen molar-refractivity contribution in [3.05, 3.63) is 66.2 Å². The van der Waals surface area contributed by atoms with E-state index < -0.39 is 0 Å². The van der Waals surface area contributed by atoms with Gasteiger partial charge in [0.05, 0.1) is 18.5 Å². The minimum absolute atomic E-state index is 0.852. The van der Waals surface area contributed by atoms with Crippen molar-refractivity contribution in [2.45, 2.75) is 0 Å². The summed E-state index contributed by atoms with van der Waals surface area (Å²) < 4.78 is 5.23. The molecule has 22 heavy (non-hydrogen) atoms. The highest BCUT2D eigenvalue weighted by molar-refractivity contribution is 6.19. The van der Waals surface area contributed by atoms with Gasteiger partial charge in [0, 0.05) is 18.0 Å². The van der Waals surface area contributed by atoms with Gasteiger partial charge in [-0.3, -0.25) is 0 Å². The van der Waals surface area contributed by atoms with E-state index in [1.165, 1.54) is 16.5 Å². The Morgan fingerprint density at radius 3 is 2.36 bits per heavy atom. The van der Waals surface area contributed by atoms with Gasteiger partial charge in [-0.05, 0) is 41.8 Å². The number of ether oxygens (including phenoxy) is 1. The van der Waals surface area contributed by atoms with E-state index in [2.05, 4.69) is 48.3 Å². The summed E-state index contributed by atoms with van der Waals surface area (Å²) in [5, 5.41) is 2.43. The predicted octanol–water partition coefficient (Wildman–Crippen LogP) is 4.38. The molecule has 1 aliphatic heterocycles. The van der Waals surface area contributed by atoms with Gasteiger partial charge in [-0.15, -0.1) is 0 Å². The van der Waals surface area contributed by atoms with E-state index in [9.17, 15) is 0 Å². The first-order valence-electron chi connectivity index (χ1n) is 7.26. The lowest BCUT2D eigenvalue weighted by atomic mass is 10.0. The summed E-state index contributed by atoms with van der Waals surface area (Å²) in [4.78, 5) is 7.02. The maximum atomic E-state index is 5.23. The van der Waals surface area contributed by atoms with Crippen LogP contribution in [0.4, 0.5) is 11.4 Å². The molecule has 0 unspecified atom stereocenters. The van der Waals surface area contributed by atoms with Crippen LogP contribution in [-0.2, 0) is 0 Å². The fourth-order valence-corrected chi connectivity index (χ4v) is 2.98. The highest BCUT2D eigenvalue weighted by atomic mass is 16.5. The molecule has 4 rings (SSSR count). The normalized spacial score (nSPS) is 13.2. The Balaban J connectivity index is 1.91. The third kappa shape index (κ3) is 1.86. The van der Waals surface area contributed by atoms with Crippen molar-refractivity contribution in [1.29, 1.82) is 0 Å². The molecule has 1 aliphatic rings. The van der Waals surface area contributed by atoms with E-state index in [0.29, 0.717) is 0 Å². The average molecular weight is 288 g/mol. The van der Waals surface area contributed by atoms with Gasteiger partial charge in [-0.2, -0.15) is 0 Å². The molecule has 0 saturated carbocycles. The number of rotatable bonds is 2. The molecule has 0 bridgehead atoms. The second kappa shape index (κ2) is 4.88. The lowest BCUT2D eigenvalue weighted by Gasteiger charge is -2.28. The van der Waals surface area contributed by atoms with Gasteiger partial charge in [0.1, 0.15) is 11.6 Å². The van der Waals surface area contributed by atoms with E-state index in [0.717, 1.165) is 22.8 Å². The van der Waals surface area contributed by atoms with Crippen LogP contribution in [0.15, 0.2) is 65.7 Å². The molecule has 0 aliphatic carbocycles. The Morgan fingerprint density at radius 2 is 1.64 bits per heavy atom. The first kappa shape index (κ1) is 12.9. The number of aliphatic imine (C=N–C) groups is 1. The van der Waals surface area contributed by atoms with E-state index in [1.807, 2.05) is 24.3 Å². The summed E-state index contributed by atoms with van der Waals surface area (Å²) in [5.41, 5.74) is 3.29. The molecule has 0 radical (unpaired) electrons. The monoisotopic (exact) mass is 288 g/mol. The lowest BCUT2D eigenvalue weighted by molar-refractivity contribution is 0.415. The van der Waals surface area contributed by atoms with Crippen LogP contribution < -0.4 is 9.64 Å². The van der Waals surface area contributed by atoms with E-state index in [1.54, 1.807) is 7.11 Å². The van der Waals surface area contributed by atoms with Gasteiger partial charge in [0.25, 0.3) is 0 Å². The summed E-state index contributed by atoms with van der Waals surface area (Å²) in [6, 6.07) is 20.6. The van der Waals surface area contributed by atoms with Crippen LogP contribution in [0.3, 0.4) is 0 Å². The summed E-state index contributed by atoms with van der Waals surface area (Å²) >= 11 is 0. The topological polar surface area (TPSA) is 24.8 Å². The highest BCUT2D eigenvalue weighted by Gasteiger charge is 2.20. The van der Waals surface area contributed by atoms with Crippen molar-refractivity contribution >= 4 is 28.0 Å². The largest absolute Gasteiger partial charge is 0.497 e. The summed E-state index contributed by atoms with van der Waals surface area (Å²) in [6.45, 7) is 0. The maximum absolute atomic E-state index is 5.23. The zero-order valence-electron chi connectivity index (χ0n) is 12.6. The van der Waals surface area contributed by atoms with Crippen LogP contribution in [0.25, 0.3) is 10.8 Å². The van der Waals surface area contributed by atoms with Crippen LogP contribution in [0.5, 0.6) is 5.75 Å². The van der Waals surface area contributed by atoms with Crippen LogP contribution in [0.2, 0.25) is 0 Å². The summed E-state index contributed by atoms with van der Waals surface area (Å²) in [6.07, 6.45) is 0. The first-order chi connectivity index (χ1) is 10.8. The number of hydrogen-bond donors (Lipinski definition) is 0. The fraction of sp³-hybridized carbons (Fsp3) is 0.105. The van der Waals surface area contributed by atoms with Crippen molar-refractivity contribution in [3.8, 4) is 5.75 Å². The van der Waals surface area contributed by atoms with Gasteiger partial charge in [-0.1, -0.05) is 24.3 Å². The predicted molar refractivity (Wildman–Crippen MR) is 91.5 cm³/mol. The van der Waals surface area contributed by atoms with Crippen molar-refractivity contribution in [3.63, 3.8) is 0 Å². The summed E-state index contributed by atoms with van der Waals surface area (Å²) in [7, 11) is 3.74. The third-order valence-corrected chi connectivity index (χ3v) is 4.11. The molecular weight excluding hydrogens is 272 g/mol. The van der Waals surface area contributed by atoms with Gasteiger partial charge in [-0.25, -0.2) is 4.99 Å². The van der Waals surface area contributed by atoms with Crippen molar-refractivity contribution in [1.82, 2.24) is 0 Å². The van der Waals surface area contributed by atoms with Crippen LogP contribution in [-0.4, -0.2) is 20.0 Å². The van der Waals surface area contributed by atoms with Gasteiger partial charge < -0.3 is 9.64 Å². The maximum Gasteiger partial charge on any atom is 0.140 e. The van der Waals surface area contributed by atoms with Gasteiger partial charge >= 0.3 is 0 Å². The number of anilines is 1. The summed E-state index contributed by atoms with van der Waals surface area (Å²) in [5.74, 6) is 1.80. The number of hydrogen-bond acceptors (Lipinski definition) is 3. The molecule has 3 aromatic rings. The number of methoxy groups -OCH3 is 1. The number of benzene rings is 3. The number of amidine groups is 1. The molecule has 1 heterocycles. The highest BCUT2D eigenvalue weighted by Crippen LogP contribution is 2.38. The molecule has 0 spiro atoms. The molecule has 3 heteroatoms. The minimum atomic E-state index is 0.852. The van der Waals surface area contributed by atoms with Gasteiger partial charge in [0.2, 0.25) is 0 Å². The van der Waals surface area contributed by atoms with Gasteiger partial charge in [0.15, 0.2) is 0 Å². The molecule has 0 fully saturated rings. The first-order valence-corrected chi connectivity index (χ1v) is 7.26. The van der Waals surface area contributed by atoms with Crippen LogP contribution in [0, 0.1) is 0 Å². The van der Waals surface area contributed by atoms with Crippen molar-refractivity contribution < 1.29 is 4.74 Å². The fourth-order valence-electron chi connectivity index (χ4n) is 2.98. The van der Waals surface area contributed by atoms with E-state index >= 15 is 0 Å². The van der Waals surface area contributed by atoms with E-state index in [4.69, 9.17) is 9.73 Å². The van der Waals surface area contributed by atoms with Crippen LogP contribution in [0.1, 0.15) is 5.56 Å². The van der Waals surface area contributed by atoms with Crippen LogP contribution >= 0.6 is 0 Å². The molecule has 0 atom stereocenters. The molecule has 3 nitrogen and oxygen atoms in total. The zero-order chi connectivity index (χ0) is 15.1. The smallest absolute Gasteiger partial charge is 0.140 e. The quantitative estimate of drug-likeness (QED) is 0.699. The molecule has 0 saturated heterocycles. The average Bonchev–Trinajstić information content (AvgIpc) is 2.58. The second-order valence-corrected chi connectivity index (χ2v) is 5.38. The Morgan fingerprint density at radius 1 is 0.909 bits per heavy atom. The Labute approximate surface area is 129 Å². The molecule has 0 N–H and O–H groups in total. The Bertz CT molecular complexity index is 876. The second-order valence-electron chi connectivity index (χ2n) is 5.38. The molecular formula is C19H16N2O. The molecule has 0 aromatic heterocycles. The lowest BCUT2D eigenvalue weighted by Crippen LogP contribution is -2.29. The number of nitrogens with zero attached hydrogens (tertiary/aromatic N) is 2. The third-order valence-electron chi connectivity index (χ3n) is 4.11. The molecule has 3 aromatic carbocycles. The zero-order valence-corrected chi connectivity index (χ0v) is 12.6. The van der Waals surface area contributed by atoms with E-state index in [-0.39, 0.29) is 0 Å². The van der Waals surface area contributed by atoms with Crippen molar-refractivity contribution in [2.24, 2.45) is 4.99 Å². The Hall–Kier alpha value is -2.81. The standard InChI is InChI=1S/C19H16N2O/c1-21-17-8-4-6-13-5-3-7-16(18(13)17)20-19(21)14-9-11-15(22-2)12-10-14/h3-12H,1-2H3. The Kier molecular flexibility index (Phi) is 2.86. The van der Waals surface area contributed by atoms with Crippen molar-refractivity contribution in [2.75, 3.05) is 19.1 Å². The minimum Gasteiger partial charge on any atom is -0.497 e. The molecule has 0 amide bonds. The SMILES string of the molecule is COc1ccc(C2=Nc3cccc4cccc(c34)N2C)cc1.